The maximum atomic E-state index is 12.4. The van der Waals surface area contributed by atoms with Crippen LogP contribution in [-0.2, 0) is 22.0 Å². The number of aryl methyl sites for hydroxylation is 1. The summed E-state index contributed by atoms with van der Waals surface area (Å²) in [6.45, 7) is 13.0. The van der Waals surface area contributed by atoms with Gasteiger partial charge in [-0.3, -0.25) is 4.79 Å². The smallest absolute Gasteiger partial charge is 0.220 e. The number of amides is 1. The van der Waals surface area contributed by atoms with E-state index < -0.39 is 0 Å². The van der Waals surface area contributed by atoms with E-state index in [0.717, 1.165) is 32.2 Å². The predicted molar refractivity (Wildman–Crippen MR) is 190 cm³/mol. The zero-order valence-electron chi connectivity index (χ0n) is 28.1. The van der Waals surface area contributed by atoms with Crippen molar-refractivity contribution in [2.24, 2.45) is 0 Å². The van der Waals surface area contributed by atoms with Crippen LogP contribution in [0.1, 0.15) is 75.6 Å². The number of anilines is 1. The molecule has 0 bridgehead atoms. The van der Waals surface area contributed by atoms with E-state index in [9.17, 15) is 4.79 Å². The summed E-state index contributed by atoms with van der Waals surface area (Å²) in [6, 6.07) is 26.0. The fourth-order valence-electron chi connectivity index (χ4n) is 6.96. The largest absolute Gasteiger partial charge is 0.356 e. The molecule has 3 aromatic rings. The van der Waals surface area contributed by atoms with Crippen LogP contribution in [0.3, 0.4) is 0 Å². The summed E-state index contributed by atoms with van der Waals surface area (Å²) in [5.41, 5.74) is 10.4. The third kappa shape index (κ3) is 7.06. The van der Waals surface area contributed by atoms with Crippen molar-refractivity contribution in [2.45, 2.75) is 77.6 Å². The lowest BCUT2D eigenvalue weighted by atomic mass is 9.81. The van der Waals surface area contributed by atoms with Crippen LogP contribution in [0.5, 0.6) is 0 Å². The van der Waals surface area contributed by atoms with Gasteiger partial charge >= 0.3 is 0 Å². The summed E-state index contributed by atoms with van der Waals surface area (Å²) in [4.78, 5) is 14.9. The van der Waals surface area contributed by atoms with Gasteiger partial charge < -0.3 is 10.2 Å². The van der Waals surface area contributed by atoms with Crippen molar-refractivity contribution in [1.82, 2.24) is 5.32 Å². The van der Waals surface area contributed by atoms with E-state index in [2.05, 4.69) is 160 Å². The molecule has 0 unspecified atom stereocenters. The third-order valence-electron chi connectivity index (χ3n) is 9.61. The number of hydrogen-bond acceptors (Lipinski definition) is 2. The van der Waals surface area contributed by atoms with Gasteiger partial charge in [0, 0.05) is 54.0 Å². The number of allylic oxidation sites excluding steroid dienone is 6. The van der Waals surface area contributed by atoms with Gasteiger partial charge in [0.1, 0.15) is 7.05 Å². The number of unbranched alkanes of at least 4 members (excludes halogenated alkanes) is 2. The Kier molecular flexibility index (Phi) is 9.92. The van der Waals surface area contributed by atoms with Crippen molar-refractivity contribution in [3.8, 4) is 0 Å². The Morgan fingerprint density at radius 3 is 2.29 bits per heavy atom. The number of para-hydroxylation sites is 2. The number of hydrogen-bond donors (Lipinski definition) is 1. The topological polar surface area (TPSA) is 35.4 Å². The SMILES string of the molecule is Cc1ccc(CCNC(=O)CCCCCN2/C(=C/C=C/C=C/C3=[N+](C)c4ccccc4C3(C)C)C(C)(C)c3ccccc32)cc1. The maximum absolute atomic E-state index is 12.4. The number of rotatable bonds is 12. The first kappa shape index (κ1) is 32.2. The minimum Gasteiger partial charge on any atom is -0.356 e. The fourth-order valence-corrected chi connectivity index (χ4v) is 6.96. The summed E-state index contributed by atoms with van der Waals surface area (Å²) in [7, 11) is 2.16. The zero-order valence-corrected chi connectivity index (χ0v) is 28.1. The second-order valence-electron chi connectivity index (χ2n) is 13.6. The molecule has 0 fully saturated rings. The van der Waals surface area contributed by atoms with Gasteiger partial charge in [0.2, 0.25) is 11.6 Å². The lowest BCUT2D eigenvalue weighted by molar-refractivity contribution is -0.401. The van der Waals surface area contributed by atoms with Crippen LogP contribution in [0.15, 0.2) is 109 Å². The highest BCUT2D eigenvalue weighted by molar-refractivity contribution is 6.03. The number of nitrogens with one attached hydrogen (secondary N) is 1. The highest BCUT2D eigenvalue weighted by Gasteiger charge is 2.42. The molecule has 2 heterocycles. The van der Waals surface area contributed by atoms with Gasteiger partial charge in [0.15, 0.2) is 5.71 Å². The Balaban J connectivity index is 1.16. The molecule has 4 nitrogen and oxygen atoms in total. The van der Waals surface area contributed by atoms with E-state index in [4.69, 9.17) is 0 Å². The Bertz CT molecular complexity index is 1640. The molecule has 4 heteroatoms. The van der Waals surface area contributed by atoms with E-state index in [-0.39, 0.29) is 16.7 Å². The number of benzene rings is 3. The minimum atomic E-state index is -0.0773. The molecule has 0 aromatic heterocycles. The monoisotopic (exact) mass is 600 g/mol. The van der Waals surface area contributed by atoms with Crippen LogP contribution in [0.25, 0.3) is 0 Å². The molecule has 0 saturated carbocycles. The van der Waals surface area contributed by atoms with Crippen molar-refractivity contribution < 1.29 is 9.37 Å². The van der Waals surface area contributed by atoms with Gasteiger partial charge in [0.05, 0.1) is 5.41 Å². The van der Waals surface area contributed by atoms with Crippen LogP contribution < -0.4 is 10.2 Å². The van der Waals surface area contributed by atoms with Gasteiger partial charge in [0.25, 0.3) is 0 Å². The molecule has 1 N–H and O–H groups in total. The van der Waals surface area contributed by atoms with Crippen molar-refractivity contribution in [3.63, 3.8) is 0 Å². The fraction of sp³-hybridized carbons (Fsp3) is 0.366. The Labute approximate surface area is 270 Å². The van der Waals surface area contributed by atoms with Gasteiger partial charge in [-0.05, 0) is 63.3 Å². The predicted octanol–water partition coefficient (Wildman–Crippen LogP) is 8.71. The van der Waals surface area contributed by atoms with E-state index in [1.54, 1.807) is 0 Å². The Hall–Kier alpha value is -4.18. The van der Waals surface area contributed by atoms with Gasteiger partial charge in [-0.2, -0.15) is 4.58 Å². The molecule has 0 radical (unpaired) electrons. The average molecular weight is 601 g/mol. The normalized spacial score (nSPS) is 17.5. The second-order valence-corrected chi connectivity index (χ2v) is 13.6. The van der Waals surface area contributed by atoms with Crippen molar-refractivity contribution in [3.05, 3.63) is 131 Å². The summed E-state index contributed by atoms with van der Waals surface area (Å²) in [5.74, 6) is 0.155. The molecule has 0 atom stereocenters. The Morgan fingerprint density at radius 1 is 0.822 bits per heavy atom. The van der Waals surface area contributed by atoms with Crippen LogP contribution >= 0.6 is 0 Å². The molecule has 0 spiro atoms. The van der Waals surface area contributed by atoms with Crippen molar-refractivity contribution in [2.75, 3.05) is 25.0 Å². The summed E-state index contributed by atoms with van der Waals surface area (Å²) >= 11 is 0. The summed E-state index contributed by atoms with van der Waals surface area (Å²) in [6.07, 6.45) is 15.5. The molecule has 3 aromatic carbocycles. The molecule has 0 saturated heterocycles. The standard InChI is InChI=1S/C41H49N3O/c1-31-24-26-32(27-25-31)28-29-42-39(45)23-11-8-16-30-44-36-20-15-13-18-34(36)41(4,5)38(44)22-10-7-9-21-37-40(2,3)33-17-12-14-19-35(33)43(37)6/h7,9-10,12-15,17-22,24-27H,8,11,16,23,28-30H2,1-6H3/p+1. The lowest BCUT2D eigenvalue weighted by Gasteiger charge is -2.27. The quantitative estimate of drug-likeness (QED) is 0.128. The first-order chi connectivity index (χ1) is 21.6. The third-order valence-corrected chi connectivity index (χ3v) is 9.61. The highest BCUT2D eigenvalue weighted by Crippen LogP contribution is 2.47. The molecule has 2 aliphatic rings. The molecule has 5 rings (SSSR count). The van der Waals surface area contributed by atoms with Crippen LogP contribution in [0.2, 0.25) is 0 Å². The molecule has 0 aliphatic carbocycles. The Morgan fingerprint density at radius 2 is 1.53 bits per heavy atom. The van der Waals surface area contributed by atoms with Gasteiger partial charge in [-0.1, -0.05) is 105 Å². The lowest BCUT2D eigenvalue weighted by Crippen LogP contribution is -2.27. The van der Waals surface area contributed by atoms with E-state index in [1.165, 1.54) is 45.0 Å². The van der Waals surface area contributed by atoms with Gasteiger partial charge in [-0.25, -0.2) is 0 Å². The van der Waals surface area contributed by atoms with E-state index in [1.807, 2.05) is 0 Å². The maximum Gasteiger partial charge on any atom is 0.220 e. The summed E-state index contributed by atoms with van der Waals surface area (Å²) < 4.78 is 2.31. The number of carbonyl (C=O) groups excluding carboxylic acids is 1. The zero-order chi connectivity index (χ0) is 32.0. The molecule has 45 heavy (non-hydrogen) atoms. The molecular formula is C41H50N3O+. The molecular weight excluding hydrogens is 550 g/mol. The minimum absolute atomic E-state index is 0.0257. The number of fused-ring (bicyclic) bond motifs is 2. The van der Waals surface area contributed by atoms with Crippen LogP contribution in [0.4, 0.5) is 11.4 Å². The first-order valence-corrected chi connectivity index (χ1v) is 16.6. The second kappa shape index (κ2) is 13.9. The highest BCUT2D eigenvalue weighted by atomic mass is 16.1. The van der Waals surface area contributed by atoms with E-state index in [0.29, 0.717) is 13.0 Å². The van der Waals surface area contributed by atoms with Crippen molar-refractivity contribution in [1.29, 1.82) is 0 Å². The van der Waals surface area contributed by atoms with Crippen LogP contribution in [-0.4, -0.2) is 36.3 Å². The molecule has 234 valence electrons. The van der Waals surface area contributed by atoms with E-state index >= 15 is 0 Å². The molecule has 2 aliphatic heterocycles. The first-order valence-electron chi connectivity index (χ1n) is 16.6. The van der Waals surface area contributed by atoms with Crippen LogP contribution in [0, 0.1) is 6.92 Å². The summed E-state index contributed by atoms with van der Waals surface area (Å²) in [5, 5.41) is 3.10. The van der Waals surface area contributed by atoms with Gasteiger partial charge in [-0.15, -0.1) is 0 Å². The van der Waals surface area contributed by atoms with Crippen molar-refractivity contribution >= 4 is 23.0 Å². The average Bonchev–Trinajstić information content (AvgIpc) is 3.36. The molecule has 1 amide bonds. The number of nitrogens with zero attached hydrogens (tertiary/aromatic N) is 2. The number of carbonyl (C=O) groups is 1.